The first-order chi connectivity index (χ1) is 21.9. The number of aromatic nitrogens is 3. The standard InChI is InChI=1S/C32H29FN4O8/c1-40-25-8-17(9-26(41-2)30(25)42-3)27-19-10-23-24(45-15-44-23)11-20(19)29(21-14-43-32(39)28(21)27)34-31(38)22-13-37(36-35-22)12-16-4-6-18(33)7-5-16/h4-11,13,21,27-29H,12,14-15H2,1-3H3,(H,34,38)/t21-,27+,28-,29-/m0/s1. The van der Waals surface area contributed by atoms with Crippen LogP contribution in [0.3, 0.4) is 0 Å². The fourth-order valence-corrected chi connectivity index (χ4v) is 6.50. The number of rotatable bonds is 8. The fourth-order valence-electron chi connectivity index (χ4n) is 6.50. The zero-order chi connectivity index (χ0) is 31.2. The van der Waals surface area contributed by atoms with Crippen LogP contribution in [-0.2, 0) is 16.1 Å². The molecule has 12 nitrogen and oxygen atoms in total. The highest BCUT2D eigenvalue weighted by molar-refractivity contribution is 5.92. The highest BCUT2D eigenvalue weighted by Gasteiger charge is 2.53. The zero-order valence-corrected chi connectivity index (χ0v) is 24.6. The van der Waals surface area contributed by atoms with Crippen molar-refractivity contribution in [2.45, 2.75) is 18.5 Å². The first-order valence-electron chi connectivity index (χ1n) is 14.2. The molecule has 3 aromatic carbocycles. The maximum atomic E-state index is 13.6. The van der Waals surface area contributed by atoms with Gasteiger partial charge >= 0.3 is 5.97 Å². The quantitative estimate of drug-likeness (QED) is 0.293. The predicted octanol–water partition coefficient (Wildman–Crippen LogP) is 3.63. The second-order valence-corrected chi connectivity index (χ2v) is 11.0. The number of halogens is 1. The van der Waals surface area contributed by atoms with Crippen molar-refractivity contribution in [1.82, 2.24) is 20.3 Å². The third-order valence-corrected chi connectivity index (χ3v) is 8.55. The number of carbonyl (C=O) groups excluding carboxylic acids is 2. The highest BCUT2D eigenvalue weighted by atomic mass is 19.1. The Bertz CT molecular complexity index is 1770. The molecule has 0 unspecified atom stereocenters. The van der Waals surface area contributed by atoms with Crippen molar-refractivity contribution in [3.05, 3.63) is 88.5 Å². The lowest BCUT2D eigenvalue weighted by molar-refractivity contribution is -0.141. The third-order valence-electron chi connectivity index (χ3n) is 8.55. The van der Waals surface area contributed by atoms with Crippen LogP contribution >= 0.6 is 0 Å². The van der Waals surface area contributed by atoms with Gasteiger partial charge in [0, 0.05) is 11.8 Å². The first kappa shape index (κ1) is 28.4. The Hall–Kier alpha value is -5.33. The van der Waals surface area contributed by atoms with E-state index >= 15 is 0 Å². The Morgan fingerprint density at radius 2 is 1.67 bits per heavy atom. The molecule has 1 amide bonds. The van der Waals surface area contributed by atoms with Crippen LogP contribution in [0.4, 0.5) is 4.39 Å². The number of nitrogens with zero attached hydrogens (tertiary/aromatic N) is 3. The number of hydrogen-bond acceptors (Lipinski definition) is 10. The number of methoxy groups -OCH3 is 3. The summed E-state index contributed by atoms with van der Waals surface area (Å²) in [5.41, 5.74) is 3.15. The van der Waals surface area contributed by atoms with Gasteiger partial charge in [-0.2, -0.15) is 0 Å². The Kier molecular flexibility index (Phi) is 7.15. The van der Waals surface area contributed by atoms with E-state index in [9.17, 15) is 14.0 Å². The van der Waals surface area contributed by atoms with Gasteiger partial charge in [0.15, 0.2) is 28.7 Å². The van der Waals surface area contributed by atoms with Crippen LogP contribution in [0.1, 0.15) is 44.7 Å². The van der Waals surface area contributed by atoms with E-state index in [4.69, 9.17) is 28.4 Å². The van der Waals surface area contributed by atoms with Gasteiger partial charge in [0.2, 0.25) is 12.5 Å². The fraction of sp³-hybridized carbons (Fsp3) is 0.312. The van der Waals surface area contributed by atoms with E-state index in [1.807, 2.05) is 24.3 Å². The Balaban J connectivity index is 1.27. The molecule has 3 aliphatic rings. The van der Waals surface area contributed by atoms with E-state index in [2.05, 4.69) is 15.6 Å². The molecule has 2 aliphatic heterocycles. The number of fused-ring (bicyclic) bond motifs is 3. The van der Waals surface area contributed by atoms with Crippen molar-refractivity contribution in [2.24, 2.45) is 11.8 Å². The topological polar surface area (TPSA) is 132 Å². The second kappa shape index (κ2) is 11.3. The number of hydrogen-bond donors (Lipinski definition) is 1. The van der Waals surface area contributed by atoms with Crippen LogP contribution < -0.4 is 29.0 Å². The van der Waals surface area contributed by atoms with E-state index < -0.39 is 29.7 Å². The molecule has 1 aliphatic carbocycles. The van der Waals surface area contributed by atoms with Crippen molar-refractivity contribution in [3.8, 4) is 28.7 Å². The maximum absolute atomic E-state index is 13.6. The zero-order valence-electron chi connectivity index (χ0n) is 24.6. The van der Waals surface area contributed by atoms with E-state index in [1.165, 1.54) is 44.3 Å². The first-order valence-corrected chi connectivity index (χ1v) is 14.2. The number of amides is 1. The molecule has 13 heteroatoms. The minimum atomic E-state index is -0.653. The largest absolute Gasteiger partial charge is 0.493 e. The van der Waals surface area contributed by atoms with Crippen LogP contribution in [0.2, 0.25) is 0 Å². The SMILES string of the molecule is COc1cc([C@@H]2c3cc4c(cc3[C@H](NC(=O)c3cn(Cc5ccc(F)cc5)nn3)[C@H]3COC(=O)[C@H]23)OCO4)cc(OC)c1OC. The second-order valence-electron chi connectivity index (χ2n) is 11.0. The molecule has 0 spiro atoms. The van der Waals surface area contributed by atoms with Crippen LogP contribution in [-0.4, -0.2) is 61.6 Å². The lowest BCUT2D eigenvalue weighted by Gasteiger charge is -2.39. The molecular formula is C32H29FN4O8. The van der Waals surface area contributed by atoms with Crippen molar-refractivity contribution in [2.75, 3.05) is 34.7 Å². The molecule has 0 saturated carbocycles. The molecule has 3 heterocycles. The molecule has 7 rings (SSSR count). The lowest BCUT2D eigenvalue weighted by Crippen LogP contribution is -2.43. The summed E-state index contributed by atoms with van der Waals surface area (Å²) in [6.07, 6.45) is 1.52. The Morgan fingerprint density at radius 3 is 2.33 bits per heavy atom. The molecule has 4 atom stereocenters. The number of cyclic esters (lactones) is 1. The van der Waals surface area contributed by atoms with Gasteiger partial charge < -0.3 is 33.7 Å². The van der Waals surface area contributed by atoms with Gasteiger partial charge in [-0.1, -0.05) is 17.3 Å². The minimum absolute atomic E-state index is 0.0517. The number of ether oxygens (including phenoxy) is 6. The van der Waals surface area contributed by atoms with Gasteiger partial charge in [0.05, 0.1) is 52.6 Å². The van der Waals surface area contributed by atoms with Gasteiger partial charge in [-0.05, 0) is 58.7 Å². The molecule has 0 radical (unpaired) electrons. The summed E-state index contributed by atoms with van der Waals surface area (Å²) >= 11 is 0. The van der Waals surface area contributed by atoms with Crippen LogP contribution in [0, 0.1) is 17.7 Å². The van der Waals surface area contributed by atoms with Gasteiger partial charge in [0.1, 0.15) is 5.82 Å². The van der Waals surface area contributed by atoms with Crippen molar-refractivity contribution in [1.29, 1.82) is 0 Å². The normalized spacial score (nSPS) is 21.0. The van der Waals surface area contributed by atoms with Crippen LogP contribution in [0.25, 0.3) is 0 Å². The molecule has 232 valence electrons. The monoisotopic (exact) mass is 616 g/mol. The van der Waals surface area contributed by atoms with E-state index in [0.717, 1.165) is 22.3 Å². The molecular weight excluding hydrogens is 587 g/mol. The molecule has 4 aromatic rings. The number of esters is 1. The maximum Gasteiger partial charge on any atom is 0.310 e. The molecule has 1 aromatic heterocycles. The van der Waals surface area contributed by atoms with Crippen LogP contribution in [0.15, 0.2) is 54.7 Å². The van der Waals surface area contributed by atoms with Gasteiger partial charge in [-0.15, -0.1) is 5.10 Å². The molecule has 1 N–H and O–H groups in total. The van der Waals surface area contributed by atoms with E-state index in [1.54, 1.807) is 12.1 Å². The number of benzene rings is 3. The lowest BCUT2D eigenvalue weighted by atomic mass is 9.65. The highest BCUT2D eigenvalue weighted by Crippen LogP contribution is 2.55. The predicted molar refractivity (Wildman–Crippen MR) is 154 cm³/mol. The number of nitrogens with one attached hydrogen (secondary N) is 1. The average molecular weight is 617 g/mol. The number of carbonyl (C=O) groups is 2. The summed E-state index contributed by atoms with van der Waals surface area (Å²) in [5, 5.41) is 11.2. The van der Waals surface area contributed by atoms with E-state index in [0.29, 0.717) is 35.3 Å². The van der Waals surface area contributed by atoms with Crippen molar-refractivity contribution in [3.63, 3.8) is 0 Å². The Labute approximate surface area is 256 Å². The summed E-state index contributed by atoms with van der Waals surface area (Å²) < 4.78 is 48.7. The molecule has 1 saturated heterocycles. The summed E-state index contributed by atoms with van der Waals surface area (Å²) in [6, 6.07) is 12.7. The van der Waals surface area contributed by atoms with Crippen molar-refractivity contribution < 1.29 is 42.4 Å². The molecule has 1 fully saturated rings. The Morgan fingerprint density at radius 1 is 0.978 bits per heavy atom. The van der Waals surface area contributed by atoms with Gasteiger partial charge in [0.25, 0.3) is 5.91 Å². The summed E-state index contributed by atoms with van der Waals surface area (Å²) in [7, 11) is 4.58. The summed E-state index contributed by atoms with van der Waals surface area (Å²) in [5.74, 6) is -0.393. The summed E-state index contributed by atoms with van der Waals surface area (Å²) in [4.78, 5) is 27.1. The van der Waals surface area contributed by atoms with Crippen molar-refractivity contribution >= 4 is 11.9 Å². The third kappa shape index (κ3) is 4.93. The van der Waals surface area contributed by atoms with Gasteiger partial charge in [-0.3, -0.25) is 9.59 Å². The average Bonchev–Trinajstić information content (AvgIpc) is 3.81. The smallest absolute Gasteiger partial charge is 0.310 e. The van der Waals surface area contributed by atoms with Gasteiger partial charge in [-0.25, -0.2) is 9.07 Å². The minimum Gasteiger partial charge on any atom is -0.493 e. The van der Waals surface area contributed by atoms with E-state index in [-0.39, 0.29) is 30.9 Å². The molecule has 0 bridgehead atoms. The van der Waals surface area contributed by atoms with Crippen LogP contribution in [0.5, 0.6) is 28.7 Å². The summed E-state index contributed by atoms with van der Waals surface area (Å²) in [6.45, 7) is 0.455. The molecule has 45 heavy (non-hydrogen) atoms.